The van der Waals surface area contributed by atoms with Gasteiger partial charge in [-0.15, -0.1) is 0 Å². The summed E-state index contributed by atoms with van der Waals surface area (Å²) in [5.41, 5.74) is 4.37. The first-order chi connectivity index (χ1) is 10.2. The van der Waals surface area contributed by atoms with Crippen molar-refractivity contribution in [2.75, 3.05) is 6.54 Å². The van der Waals surface area contributed by atoms with Gasteiger partial charge in [-0.25, -0.2) is 0 Å². The molecule has 0 heterocycles. The van der Waals surface area contributed by atoms with E-state index in [1.54, 1.807) is 5.56 Å². The lowest BCUT2D eigenvalue weighted by Crippen LogP contribution is -2.26. The summed E-state index contributed by atoms with van der Waals surface area (Å²) in [5, 5.41) is 4.48. The van der Waals surface area contributed by atoms with Gasteiger partial charge in [-0.1, -0.05) is 48.0 Å². The molecular weight excluding hydrogens is 278 g/mol. The van der Waals surface area contributed by atoms with Gasteiger partial charge < -0.3 is 5.32 Å². The summed E-state index contributed by atoms with van der Waals surface area (Å²) < 4.78 is 0. The molecule has 0 saturated carbocycles. The van der Waals surface area contributed by atoms with Gasteiger partial charge in [0.25, 0.3) is 0 Å². The molecule has 2 heteroatoms. The molecule has 2 aromatic rings. The molecule has 1 unspecified atom stereocenters. The molecule has 0 bridgehead atoms. The fraction of sp³-hybridized carbons (Fsp3) is 0.368. The number of hydrogen-bond donors (Lipinski definition) is 1. The Hall–Kier alpha value is -1.31. The Bertz CT molecular complexity index is 591. The number of benzene rings is 2. The number of fused-ring (bicyclic) bond motifs is 1. The number of aryl methyl sites for hydroxylation is 1. The van der Waals surface area contributed by atoms with Crippen molar-refractivity contribution in [3.8, 4) is 0 Å². The van der Waals surface area contributed by atoms with Crippen LogP contribution in [0.25, 0.3) is 0 Å². The van der Waals surface area contributed by atoms with E-state index in [9.17, 15) is 0 Å². The molecule has 0 spiro atoms. The van der Waals surface area contributed by atoms with Gasteiger partial charge in [0.05, 0.1) is 0 Å². The first-order valence-electron chi connectivity index (χ1n) is 7.80. The first-order valence-corrected chi connectivity index (χ1v) is 8.18. The normalized spacial score (nSPS) is 19.0. The summed E-state index contributed by atoms with van der Waals surface area (Å²) >= 11 is 5.95. The lowest BCUT2D eigenvalue weighted by Gasteiger charge is -2.27. The Morgan fingerprint density at radius 3 is 2.71 bits per heavy atom. The SMILES string of the molecule is C[C@H](NCC1CCCc2ccccc21)c1ccc(Cl)cc1. The molecule has 1 nitrogen and oxygen atoms in total. The van der Waals surface area contributed by atoms with Gasteiger partial charge in [-0.3, -0.25) is 0 Å². The van der Waals surface area contributed by atoms with Crippen LogP contribution in [0.15, 0.2) is 48.5 Å². The van der Waals surface area contributed by atoms with Crippen LogP contribution in [0, 0.1) is 0 Å². The highest BCUT2D eigenvalue weighted by atomic mass is 35.5. The molecule has 2 atom stereocenters. The maximum atomic E-state index is 5.95. The van der Waals surface area contributed by atoms with Crippen molar-refractivity contribution in [1.29, 1.82) is 0 Å². The molecule has 0 fully saturated rings. The van der Waals surface area contributed by atoms with Crippen molar-refractivity contribution in [2.24, 2.45) is 0 Å². The van der Waals surface area contributed by atoms with Gasteiger partial charge in [0.1, 0.15) is 0 Å². The molecule has 1 N–H and O–H groups in total. The van der Waals surface area contributed by atoms with Crippen molar-refractivity contribution in [2.45, 2.75) is 38.1 Å². The molecule has 2 aromatic carbocycles. The monoisotopic (exact) mass is 299 g/mol. The number of rotatable bonds is 4. The molecule has 110 valence electrons. The minimum atomic E-state index is 0.358. The molecular formula is C19H22ClN. The summed E-state index contributed by atoms with van der Waals surface area (Å²) in [4.78, 5) is 0. The molecule has 21 heavy (non-hydrogen) atoms. The van der Waals surface area contributed by atoms with E-state index in [4.69, 9.17) is 11.6 Å². The number of nitrogens with one attached hydrogen (secondary N) is 1. The second-order valence-electron chi connectivity index (χ2n) is 5.97. The lowest BCUT2D eigenvalue weighted by molar-refractivity contribution is 0.473. The quantitative estimate of drug-likeness (QED) is 0.827. The van der Waals surface area contributed by atoms with Crippen LogP contribution >= 0.6 is 11.6 Å². The van der Waals surface area contributed by atoms with Crippen LogP contribution in [0.4, 0.5) is 0 Å². The second kappa shape index (κ2) is 6.64. The van der Waals surface area contributed by atoms with E-state index >= 15 is 0 Å². The van der Waals surface area contributed by atoms with Gasteiger partial charge in [0.2, 0.25) is 0 Å². The average Bonchev–Trinajstić information content (AvgIpc) is 2.53. The van der Waals surface area contributed by atoms with Crippen molar-refractivity contribution in [1.82, 2.24) is 5.32 Å². The zero-order valence-electron chi connectivity index (χ0n) is 12.5. The highest BCUT2D eigenvalue weighted by Crippen LogP contribution is 2.31. The van der Waals surface area contributed by atoms with Crippen LogP contribution in [-0.2, 0) is 6.42 Å². The van der Waals surface area contributed by atoms with Gasteiger partial charge in [-0.05, 0) is 60.9 Å². The van der Waals surface area contributed by atoms with Gasteiger partial charge in [-0.2, -0.15) is 0 Å². The smallest absolute Gasteiger partial charge is 0.0406 e. The van der Waals surface area contributed by atoms with Gasteiger partial charge in [0, 0.05) is 17.6 Å². The molecule has 0 aliphatic heterocycles. The van der Waals surface area contributed by atoms with Crippen molar-refractivity contribution >= 4 is 11.6 Å². The van der Waals surface area contributed by atoms with Crippen LogP contribution < -0.4 is 5.32 Å². The van der Waals surface area contributed by atoms with Crippen LogP contribution in [0.5, 0.6) is 0 Å². The van der Waals surface area contributed by atoms with Crippen LogP contribution in [0.3, 0.4) is 0 Å². The molecule has 3 rings (SSSR count). The minimum absolute atomic E-state index is 0.358. The fourth-order valence-corrected chi connectivity index (χ4v) is 3.38. The lowest BCUT2D eigenvalue weighted by atomic mass is 9.82. The van der Waals surface area contributed by atoms with Crippen molar-refractivity contribution in [3.63, 3.8) is 0 Å². The van der Waals surface area contributed by atoms with E-state index in [0.29, 0.717) is 12.0 Å². The predicted octanol–water partition coefficient (Wildman–Crippen LogP) is 5.11. The van der Waals surface area contributed by atoms with Gasteiger partial charge >= 0.3 is 0 Å². The van der Waals surface area contributed by atoms with E-state index in [1.807, 2.05) is 12.1 Å². The summed E-state index contributed by atoms with van der Waals surface area (Å²) in [6.45, 7) is 3.26. The summed E-state index contributed by atoms with van der Waals surface area (Å²) in [6, 6.07) is 17.4. The maximum Gasteiger partial charge on any atom is 0.0406 e. The number of hydrogen-bond acceptors (Lipinski definition) is 1. The largest absolute Gasteiger partial charge is 0.310 e. The van der Waals surface area contributed by atoms with Crippen LogP contribution in [0.1, 0.15) is 48.4 Å². The zero-order valence-corrected chi connectivity index (χ0v) is 13.2. The Morgan fingerprint density at radius 2 is 1.90 bits per heavy atom. The Kier molecular flexibility index (Phi) is 4.62. The topological polar surface area (TPSA) is 12.0 Å². The standard InChI is InChI=1S/C19H22ClN/c1-14(15-9-11-18(20)12-10-15)21-13-17-7-4-6-16-5-2-3-8-19(16)17/h2-3,5,8-12,14,17,21H,4,6-7,13H2,1H3/t14-,17?/m0/s1. The molecule has 0 amide bonds. The molecule has 1 aliphatic rings. The third-order valence-corrected chi connectivity index (χ3v) is 4.79. The highest BCUT2D eigenvalue weighted by molar-refractivity contribution is 6.30. The van der Waals surface area contributed by atoms with E-state index in [1.165, 1.54) is 30.4 Å². The minimum Gasteiger partial charge on any atom is -0.310 e. The third-order valence-electron chi connectivity index (χ3n) is 4.53. The van der Waals surface area contributed by atoms with Crippen LogP contribution in [-0.4, -0.2) is 6.54 Å². The van der Waals surface area contributed by atoms with E-state index in [-0.39, 0.29) is 0 Å². The van der Waals surface area contributed by atoms with E-state index in [2.05, 4.69) is 48.6 Å². The molecule has 0 aromatic heterocycles. The Labute approximate surface area is 132 Å². The van der Waals surface area contributed by atoms with Crippen molar-refractivity contribution in [3.05, 3.63) is 70.2 Å². The average molecular weight is 300 g/mol. The Balaban J connectivity index is 1.64. The summed E-state index contributed by atoms with van der Waals surface area (Å²) in [7, 11) is 0. The van der Waals surface area contributed by atoms with E-state index in [0.717, 1.165) is 11.6 Å². The zero-order chi connectivity index (χ0) is 14.7. The molecule has 0 saturated heterocycles. The second-order valence-corrected chi connectivity index (χ2v) is 6.41. The summed E-state index contributed by atoms with van der Waals surface area (Å²) in [5.74, 6) is 0.643. The van der Waals surface area contributed by atoms with E-state index < -0.39 is 0 Å². The fourth-order valence-electron chi connectivity index (χ4n) is 3.25. The van der Waals surface area contributed by atoms with Crippen molar-refractivity contribution < 1.29 is 0 Å². The molecule has 1 aliphatic carbocycles. The highest BCUT2D eigenvalue weighted by Gasteiger charge is 2.20. The first kappa shape index (κ1) is 14.6. The summed E-state index contributed by atoms with van der Waals surface area (Å²) in [6.07, 6.45) is 3.83. The van der Waals surface area contributed by atoms with Gasteiger partial charge in [0.15, 0.2) is 0 Å². The predicted molar refractivity (Wildman–Crippen MR) is 90.0 cm³/mol. The maximum absolute atomic E-state index is 5.95. The number of halogens is 1. The molecule has 0 radical (unpaired) electrons. The Morgan fingerprint density at radius 1 is 1.14 bits per heavy atom. The third kappa shape index (κ3) is 3.48. The van der Waals surface area contributed by atoms with Crippen LogP contribution in [0.2, 0.25) is 5.02 Å².